The molecule has 8 aromatic carbocycles. The van der Waals surface area contributed by atoms with Crippen LogP contribution in [0.4, 0.5) is 34.1 Å². The van der Waals surface area contributed by atoms with Gasteiger partial charge in [-0.25, -0.2) is 0 Å². The van der Waals surface area contributed by atoms with Gasteiger partial charge in [0.2, 0.25) is 0 Å². The maximum absolute atomic E-state index is 2.47. The Labute approximate surface area is 336 Å². The van der Waals surface area contributed by atoms with Crippen molar-refractivity contribution in [3.63, 3.8) is 0 Å². The fraction of sp³-hybridized carbons (Fsp3) is 0.0769. The summed E-state index contributed by atoms with van der Waals surface area (Å²) in [6.45, 7) is 8.93. The third kappa shape index (κ3) is 5.68. The normalized spacial score (nSPS) is 11.6. The molecule has 10 aromatic rings. The summed E-state index contributed by atoms with van der Waals surface area (Å²) < 4.78 is 5.23. The number of anilines is 6. The molecule has 0 saturated heterocycles. The second-order valence-corrected chi connectivity index (χ2v) is 16.9. The van der Waals surface area contributed by atoms with Gasteiger partial charge in [-0.2, -0.15) is 0 Å². The van der Waals surface area contributed by atoms with Crippen molar-refractivity contribution in [3.05, 3.63) is 192 Å². The van der Waals surface area contributed by atoms with Crippen molar-refractivity contribution < 1.29 is 0 Å². The Morgan fingerprint density at radius 3 is 1.09 bits per heavy atom. The molecule has 0 N–H and O–H groups in total. The lowest BCUT2D eigenvalue weighted by Gasteiger charge is -2.30. The maximum atomic E-state index is 2.47. The number of hydrogen-bond donors (Lipinski definition) is 0. The van der Waals surface area contributed by atoms with Crippen LogP contribution in [0.15, 0.2) is 170 Å². The molecule has 0 spiro atoms. The van der Waals surface area contributed by atoms with Crippen LogP contribution < -0.4 is 9.80 Å². The van der Waals surface area contributed by atoms with Gasteiger partial charge in [0.25, 0.3) is 0 Å². The minimum absolute atomic E-state index is 1.18. The van der Waals surface area contributed by atoms with Gasteiger partial charge in [0.15, 0.2) is 0 Å². The first-order chi connectivity index (χ1) is 27.4. The van der Waals surface area contributed by atoms with Crippen LogP contribution in [0.3, 0.4) is 0 Å². The summed E-state index contributed by atoms with van der Waals surface area (Å²) in [6, 6.07) is 62.4. The summed E-state index contributed by atoms with van der Waals surface area (Å²) in [4.78, 5) is 4.93. The number of rotatable bonds is 7. The van der Waals surface area contributed by atoms with E-state index in [2.05, 4.69) is 207 Å². The molecule has 0 aliphatic rings. The average Bonchev–Trinajstić information content (AvgIpc) is 3.80. The SMILES string of the molecule is Cc1ccccc1N(c1ccc(-c2ccc(N(c3ccccc3C)c3cccc4c3sc3ccccc34)c(C)c2)cc1C)c1cccc2c1sc1ccccc12. The highest BCUT2D eigenvalue weighted by Crippen LogP contribution is 2.48. The zero-order chi connectivity index (χ0) is 37.9. The molecule has 0 unspecified atom stereocenters. The molecule has 0 aliphatic heterocycles. The number of hydrogen-bond acceptors (Lipinski definition) is 4. The van der Waals surface area contributed by atoms with Crippen molar-refractivity contribution in [1.29, 1.82) is 0 Å². The van der Waals surface area contributed by atoms with E-state index in [1.165, 1.54) is 108 Å². The molecule has 0 atom stereocenters. The highest BCUT2D eigenvalue weighted by Gasteiger charge is 2.23. The number of aryl methyl sites for hydroxylation is 4. The maximum Gasteiger partial charge on any atom is 0.0640 e. The van der Waals surface area contributed by atoms with E-state index in [1.54, 1.807) is 0 Å². The van der Waals surface area contributed by atoms with E-state index < -0.39 is 0 Å². The number of fused-ring (bicyclic) bond motifs is 6. The van der Waals surface area contributed by atoms with Gasteiger partial charge in [-0.1, -0.05) is 109 Å². The van der Waals surface area contributed by atoms with Crippen LogP contribution in [0.2, 0.25) is 0 Å². The molecule has 0 fully saturated rings. The monoisotopic (exact) mass is 756 g/mol. The average molecular weight is 757 g/mol. The number of para-hydroxylation sites is 2. The van der Waals surface area contributed by atoms with Crippen LogP contribution in [0, 0.1) is 27.7 Å². The molecule has 2 nitrogen and oxygen atoms in total. The van der Waals surface area contributed by atoms with E-state index in [-0.39, 0.29) is 0 Å². The Balaban J connectivity index is 1.08. The highest BCUT2D eigenvalue weighted by molar-refractivity contribution is 7.26. The van der Waals surface area contributed by atoms with Crippen LogP contribution in [-0.4, -0.2) is 0 Å². The molecule has 0 amide bonds. The van der Waals surface area contributed by atoms with E-state index in [9.17, 15) is 0 Å². The lowest BCUT2D eigenvalue weighted by Crippen LogP contribution is -2.13. The molecular weight excluding hydrogens is 717 g/mol. The van der Waals surface area contributed by atoms with Crippen molar-refractivity contribution in [3.8, 4) is 11.1 Å². The molecule has 2 aromatic heterocycles. The lowest BCUT2D eigenvalue weighted by atomic mass is 9.98. The van der Waals surface area contributed by atoms with Gasteiger partial charge in [0, 0.05) is 53.7 Å². The standard InChI is InChI=1S/C52H40N2S2/c1-33-15-5-9-21-43(33)53(47-23-13-19-41-39-17-7-11-25-49(39)55-51(41)47)45-29-27-37(31-35(45)3)38-28-30-46(36(4)32-38)54(44-22-10-6-16-34(44)2)48-24-14-20-42-40-18-8-12-26-50(40)56-52(42)48/h5-32H,1-4H3. The Hall–Kier alpha value is -6.20. The second-order valence-electron chi connectivity index (χ2n) is 14.8. The van der Waals surface area contributed by atoms with E-state index in [4.69, 9.17) is 0 Å². The first kappa shape index (κ1) is 34.3. The molecule has 270 valence electrons. The number of nitrogens with zero attached hydrogens (tertiary/aromatic N) is 2. The molecule has 0 radical (unpaired) electrons. The van der Waals surface area contributed by atoms with Crippen molar-refractivity contribution >= 4 is 97.1 Å². The fourth-order valence-corrected chi connectivity index (χ4v) is 10.8. The van der Waals surface area contributed by atoms with E-state index in [0.717, 1.165) is 0 Å². The van der Waals surface area contributed by atoms with Gasteiger partial charge >= 0.3 is 0 Å². The Morgan fingerprint density at radius 2 is 0.661 bits per heavy atom. The summed E-state index contributed by atoms with van der Waals surface area (Å²) in [6.07, 6.45) is 0. The van der Waals surface area contributed by atoms with Crippen LogP contribution in [0.5, 0.6) is 0 Å². The van der Waals surface area contributed by atoms with E-state index in [0.29, 0.717) is 0 Å². The highest BCUT2D eigenvalue weighted by atomic mass is 32.1. The summed E-state index contributed by atoms with van der Waals surface area (Å²) in [7, 11) is 0. The predicted octanol–water partition coefficient (Wildman–Crippen LogP) is 16.3. The van der Waals surface area contributed by atoms with Crippen LogP contribution in [0.1, 0.15) is 22.3 Å². The minimum atomic E-state index is 1.18. The Kier molecular flexibility index (Phi) is 8.47. The minimum Gasteiger partial charge on any atom is -0.309 e. The van der Waals surface area contributed by atoms with Gasteiger partial charge in [0.1, 0.15) is 0 Å². The third-order valence-corrected chi connectivity index (χ3v) is 13.6. The summed E-state index contributed by atoms with van der Waals surface area (Å²) in [5.74, 6) is 0. The zero-order valence-corrected chi connectivity index (χ0v) is 33.5. The quantitative estimate of drug-likeness (QED) is 0.160. The Morgan fingerprint density at radius 1 is 0.304 bits per heavy atom. The number of thiophene rings is 2. The molecule has 4 heteroatoms. The summed E-state index contributed by atoms with van der Waals surface area (Å²) in [5, 5.41) is 5.22. The third-order valence-electron chi connectivity index (χ3n) is 11.2. The molecule has 0 bridgehead atoms. The molecule has 10 rings (SSSR count). The van der Waals surface area contributed by atoms with Crippen LogP contribution in [0.25, 0.3) is 51.5 Å². The van der Waals surface area contributed by atoms with Crippen LogP contribution in [-0.2, 0) is 0 Å². The lowest BCUT2D eigenvalue weighted by molar-refractivity contribution is 1.23. The van der Waals surface area contributed by atoms with Gasteiger partial charge in [-0.15, -0.1) is 22.7 Å². The van der Waals surface area contributed by atoms with Gasteiger partial charge in [-0.3, -0.25) is 0 Å². The molecule has 0 aliphatic carbocycles. The van der Waals surface area contributed by atoms with Crippen molar-refractivity contribution in [2.45, 2.75) is 27.7 Å². The first-order valence-electron chi connectivity index (χ1n) is 19.2. The molecule has 0 saturated carbocycles. The zero-order valence-electron chi connectivity index (χ0n) is 31.9. The van der Waals surface area contributed by atoms with Crippen molar-refractivity contribution in [2.75, 3.05) is 9.80 Å². The second kappa shape index (κ2) is 13.8. The van der Waals surface area contributed by atoms with Crippen LogP contribution >= 0.6 is 22.7 Å². The largest absolute Gasteiger partial charge is 0.309 e. The van der Waals surface area contributed by atoms with Gasteiger partial charge < -0.3 is 9.80 Å². The van der Waals surface area contributed by atoms with Gasteiger partial charge in [-0.05, 0) is 122 Å². The molecule has 56 heavy (non-hydrogen) atoms. The summed E-state index contributed by atoms with van der Waals surface area (Å²) in [5.41, 5.74) is 14.5. The topological polar surface area (TPSA) is 6.48 Å². The van der Waals surface area contributed by atoms with Crippen molar-refractivity contribution in [2.24, 2.45) is 0 Å². The van der Waals surface area contributed by atoms with E-state index >= 15 is 0 Å². The number of benzene rings is 8. The smallest absolute Gasteiger partial charge is 0.0640 e. The summed E-state index contributed by atoms with van der Waals surface area (Å²) >= 11 is 3.75. The Bertz CT molecular complexity index is 2900. The van der Waals surface area contributed by atoms with Gasteiger partial charge in [0.05, 0.1) is 20.8 Å². The molecule has 2 heterocycles. The fourth-order valence-electron chi connectivity index (χ4n) is 8.40. The van der Waals surface area contributed by atoms with E-state index in [1.807, 2.05) is 22.7 Å². The van der Waals surface area contributed by atoms with Crippen molar-refractivity contribution in [1.82, 2.24) is 0 Å². The molecular formula is C52H40N2S2. The predicted molar refractivity (Wildman–Crippen MR) is 246 cm³/mol. The first-order valence-corrected chi connectivity index (χ1v) is 20.8.